The van der Waals surface area contributed by atoms with Crippen LogP contribution in [0.25, 0.3) is 0 Å². The molecule has 1 fully saturated rings. The van der Waals surface area contributed by atoms with Crippen LogP contribution in [0.4, 0.5) is 0 Å². The molecule has 2 atom stereocenters. The summed E-state index contributed by atoms with van der Waals surface area (Å²) in [7, 11) is 1.72. The van der Waals surface area contributed by atoms with Crippen LogP contribution in [-0.4, -0.2) is 38.4 Å². The Morgan fingerprint density at radius 2 is 2.33 bits per heavy atom. The van der Waals surface area contributed by atoms with Crippen LogP contribution in [0.1, 0.15) is 30.4 Å². The number of hydrogen-bond acceptors (Lipinski definition) is 4. The predicted molar refractivity (Wildman–Crippen MR) is 83.8 cm³/mol. The van der Waals surface area contributed by atoms with E-state index in [1.165, 1.54) is 17.5 Å². The maximum absolute atomic E-state index is 6.12. The summed E-state index contributed by atoms with van der Waals surface area (Å²) in [5.41, 5.74) is 8.92. The van der Waals surface area contributed by atoms with Gasteiger partial charge in [-0.25, -0.2) is 0 Å². The van der Waals surface area contributed by atoms with Gasteiger partial charge in [0.2, 0.25) is 0 Å². The quantitative estimate of drug-likeness (QED) is 0.866. The highest BCUT2D eigenvalue weighted by molar-refractivity contribution is 5.39. The molecule has 21 heavy (non-hydrogen) atoms. The highest BCUT2D eigenvalue weighted by Gasteiger charge is 2.34. The summed E-state index contributed by atoms with van der Waals surface area (Å²) in [4.78, 5) is 0. The normalized spacial score (nSPS) is 28.4. The Balaban J connectivity index is 1.70. The third-order valence-corrected chi connectivity index (χ3v) is 4.93. The second-order valence-electron chi connectivity index (χ2n) is 6.31. The standard InChI is InChI=1S/C17H26N2O2/c1-20-15-5-4-13-6-7-17(12-18,10-14(13)9-15)19-11-16-3-2-8-21-16/h4-5,9,16,19H,2-3,6-8,10-12,18H2,1H3. The molecule has 0 amide bonds. The van der Waals surface area contributed by atoms with E-state index in [9.17, 15) is 0 Å². The van der Waals surface area contributed by atoms with Gasteiger partial charge >= 0.3 is 0 Å². The number of aryl methyl sites for hydroxylation is 1. The zero-order chi connectivity index (χ0) is 14.7. The Labute approximate surface area is 127 Å². The lowest BCUT2D eigenvalue weighted by Gasteiger charge is -2.39. The molecule has 1 heterocycles. The number of rotatable bonds is 5. The number of methoxy groups -OCH3 is 1. The van der Waals surface area contributed by atoms with E-state index >= 15 is 0 Å². The van der Waals surface area contributed by atoms with Gasteiger partial charge in [-0.15, -0.1) is 0 Å². The van der Waals surface area contributed by atoms with Gasteiger partial charge in [0, 0.05) is 25.2 Å². The lowest BCUT2D eigenvalue weighted by atomic mass is 9.77. The molecule has 0 bridgehead atoms. The molecule has 1 aromatic carbocycles. The molecule has 0 aromatic heterocycles. The Bertz CT molecular complexity index is 486. The number of nitrogens with two attached hydrogens (primary N) is 1. The molecule has 0 radical (unpaired) electrons. The van der Waals surface area contributed by atoms with Crippen molar-refractivity contribution in [1.82, 2.24) is 5.32 Å². The van der Waals surface area contributed by atoms with Crippen molar-refractivity contribution >= 4 is 0 Å². The molecule has 1 saturated heterocycles. The molecule has 0 spiro atoms. The second-order valence-corrected chi connectivity index (χ2v) is 6.31. The molecule has 1 aliphatic carbocycles. The maximum Gasteiger partial charge on any atom is 0.119 e. The van der Waals surface area contributed by atoms with Crippen molar-refractivity contribution in [3.05, 3.63) is 29.3 Å². The van der Waals surface area contributed by atoms with Crippen molar-refractivity contribution in [2.45, 2.75) is 43.7 Å². The zero-order valence-corrected chi connectivity index (χ0v) is 12.9. The molecule has 4 nitrogen and oxygen atoms in total. The smallest absolute Gasteiger partial charge is 0.119 e. The molecular formula is C17H26N2O2. The van der Waals surface area contributed by atoms with Crippen LogP contribution in [0.5, 0.6) is 5.75 Å². The van der Waals surface area contributed by atoms with E-state index in [0.29, 0.717) is 12.6 Å². The molecule has 116 valence electrons. The zero-order valence-electron chi connectivity index (χ0n) is 12.9. The largest absolute Gasteiger partial charge is 0.497 e. The molecular weight excluding hydrogens is 264 g/mol. The fourth-order valence-corrected chi connectivity index (χ4v) is 3.50. The maximum atomic E-state index is 6.12. The molecule has 2 aliphatic rings. The topological polar surface area (TPSA) is 56.5 Å². The van der Waals surface area contributed by atoms with Crippen molar-refractivity contribution in [1.29, 1.82) is 0 Å². The fourth-order valence-electron chi connectivity index (χ4n) is 3.50. The third kappa shape index (κ3) is 3.23. The first kappa shape index (κ1) is 14.8. The van der Waals surface area contributed by atoms with Crippen LogP contribution >= 0.6 is 0 Å². The van der Waals surface area contributed by atoms with E-state index < -0.39 is 0 Å². The summed E-state index contributed by atoms with van der Waals surface area (Å²) in [6.45, 7) is 2.48. The van der Waals surface area contributed by atoms with E-state index in [4.69, 9.17) is 15.2 Å². The van der Waals surface area contributed by atoms with Crippen LogP contribution in [0.2, 0.25) is 0 Å². The average molecular weight is 290 g/mol. The van der Waals surface area contributed by atoms with Gasteiger partial charge in [0.15, 0.2) is 0 Å². The summed E-state index contributed by atoms with van der Waals surface area (Å²) in [5.74, 6) is 0.931. The number of fused-ring (bicyclic) bond motifs is 1. The molecule has 1 aliphatic heterocycles. The Kier molecular flexibility index (Phi) is 4.48. The van der Waals surface area contributed by atoms with Gasteiger partial charge in [0.25, 0.3) is 0 Å². The van der Waals surface area contributed by atoms with Crippen molar-refractivity contribution in [3.63, 3.8) is 0 Å². The number of nitrogens with one attached hydrogen (secondary N) is 1. The number of benzene rings is 1. The van der Waals surface area contributed by atoms with Crippen LogP contribution in [0.3, 0.4) is 0 Å². The lowest BCUT2D eigenvalue weighted by molar-refractivity contribution is 0.0990. The Morgan fingerprint density at radius 3 is 3.05 bits per heavy atom. The van der Waals surface area contributed by atoms with Crippen molar-refractivity contribution in [3.8, 4) is 5.75 Å². The number of hydrogen-bond donors (Lipinski definition) is 2. The monoisotopic (exact) mass is 290 g/mol. The predicted octanol–water partition coefficient (Wildman–Crippen LogP) is 1.65. The minimum Gasteiger partial charge on any atom is -0.497 e. The molecule has 4 heteroatoms. The van der Waals surface area contributed by atoms with E-state index in [1.807, 2.05) is 6.07 Å². The van der Waals surface area contributed by atoms with E-state index in [0.717, 1.165) is 44.6 Å². The average Bonchev–Trinajstić information content (AvgIpc) is 3.05. The highest BCUT2D eigenvalue weighted by atomic mass is 16.5. The Hall–Kier alpha value is -1.10. The van der Waals surface area contributed by atoms with Crippen molar-refractivity contribution in [2.24, 2.45) is 5.73 Å². The summed E-state index contributed by atoms with van der Waals surface area (Å²) in [6, 6.07) is 6.40. The molecule has 2 unspecified atom stereocenters. The van der Waals surface area contributed by atoms with Gasteiger partial charge in [-0.3, -0.25) is 0 Å². The summed E-state index contributed by atoms with van der Waals surface area (Å²) < 4.78 is 11.1. The first-order valence-electron chi connectivity index (χ1n) is 7.97. The number of ether oxygens (including phenoxy) is 2. The lowest BCUT2D eigenvalue weighted by Crippen LogP contribution is -2.56. The summed E-state index contributed by atoms with van der Waals surface area (Å²) >= 11 is 0. The van der Waals surface area contributed by atoms with Crippen molar-refractivity contribution in [2.75, 3.05) is 26.8 Å². The molecule has 3 rings (SSSR count). The molecule has 3 N–H and O–H groups in total. The first-order chi connectivity index (χ1) is 10.2. The van der Waals surface area contributed by atoms with Crippen molar-refractivity contribution < 1.29 is 9.47 Å². The SMILES string of the molecule is COc1ccc2c(c1)CC(CN)(NCC1CCCO1)CC2. The first-order valence-corrected chi connectivity index (χ1v) is 7.97. The van der Waals surface area contributed by atoms with Gasteiger partial charge in [0.1, 0.15) is 5.75 Å². The summed E-state index contributed by atoms with van der Waals surface area (Å²) in [6.07, 6.45) is 5.85. The van der Waals surface area contributed by atoms with E-state index in [1.54, 1.807) is 7.11 Å². The van der Waals surface area contributed by atoms with Gasteiger partial charge in [-0.2, -0.15) is 0 Å². The minimum atomic E-state index is 0.00527. The van der Waals surface area contributed by atoms with Crippen LogP contribution in [0.15, 0.2) is 18.2 Å². The van der Waals surface area contributed by atoms with E-state index in [-0.39, 0.29) is 5.54 Å². The van der Waals surface area contributed by atoms with E-state index in [2.05, 4.69) is 17.4 Å². The molecule has 0 saturated carbocycles. The van der Waals surface area contributed by atoms with Gasteiger partial charge in [0.05, 0.1) is 13.2 Å². The highest BCUT2D eigenvalue weighted by Crippen LogP contribution is 2.31. The second kappa shape index (κ2) is 6.34. The Morgan fingerprint density at radius 1 is 1.43 bits per heavy atom. The van der Waals surface area contributed by atoms with Gasteiger partial charge in [-0.1, -0.05) is 6.07 Å². The molecule has 1 aromatic rings. The van der Waals surface area contributed by atoms with Crippen LogP contribution in [0, 0.1) is 0 Å². The third-order valence-electron chi connectivity index (χ3n) is 4.93. The van der Waals surface area contributed by atoms with Crippen LogP contribution in [-0.2, 0) is 17.6 Å². The van der Waals surface area contributed by atoms with Gasteiger partial charge < -0.3 is 20.5 Å². The summed E-state index contributed by atoms with van der Waals surface area (Å²) in [5, 5.41) is 3.71. The fraction of sp³-hybridized carbons (Fsp3) is 0.647. The van der Waals surface area contributed by atoms with Gasteiger partial charge in [-0.05, 0) is 55.4 Å². The van der Waals surface area contributed by atoms with Crippen LogP contribution < -0.4 is 15.8 Å². The minimum absolute atomic E-state index is 0.00527.